The lowest BCUT2D eigenvalue weighted by Crippen LogP contribution is -2.25. The fraction of sp³-hybridized carbons (Fsp3) is 0.440. The molecule has 0 saturated carbocycles. The third-order valence-corrected chi connectivity index (χ3v) is 5.51. The monoisotopic (exact) mass is 382 g/mol. The number of rotatable bonds is 11. The number of aliphatic hydroxyl groups excluding tert-OH is 1. The SMILES string of the molecule is CC/C(=C\CCC(O)(CC)CC)c1cccc(COc2ccc(CO)cc2)c1. The summed E-state index contributed by atoms with van der Waals surface area (Å²) in [6.45, 7) is 6.82. The maximum atomic E-state index is 10.5. The molecule has 0 aliphatic rings. The Morgan fingerprint density at radius 3 is 2.32 bits per heavy atom. The van der Waals surface area contributed by atoms with Crippen LogP contribution in [0.1, 0.15) is 69.6 Å². The van der Waals surface area contributed by atoms with E-state index in [1.54, 1.807) is 0 Å². The Morgan fingerprint density at radius 1 is 1.00 bits per heavy atom. The van der Waals surface area contributed by atoms with E-state index in [2.05, 4.69) is 51.1 Å². The second-order valence-corrected chi connectivity index (χ2v) is 7.34. The van der Waals surface area contributed by atoms with Crippen LogP contribution in [0.3, 0.4) is 0 Å². The Hall–Kier alpha value is -2.10. The molecule has 0 unspecified atom stereocenters. The van der Waals surface area contributed by atoms with E-state index in [9.17, 15) is 5.11 Å². The van der Waals surface area contributed by atoms with E-state index >= 15 is 0 Å². The van der Waals surface area contributed by atoms with Crippen LogP contribution in [-0.4, -0.2) is 15.8 Å². The Morgan fingerprint density at radius 2 is 1.71 bits per heavy atom. The van der Waals surface area contributed by atoms with Crippen molar-refractivity contribution in [2.45, 2.75) is 71.7 Å². The second-order valence-electron chi connectivity index (χ2n) is 7.34. The Balaban J connectivity index is 2.01. The fourth-order valence-electron chi connectivity index (χ4n) is 3.30. The molecule has 2 aromatic rings. The van der Waals surface area contributed by atoms with Crippen molar-refractivity contribution in [3.05, 3.63) is 71.3 Å². The van der Waals surface area contributed by atoms with Crippen LogP contribution >= 0.6 is 0 Å². The molecule has 0 saturated heterocycles. The minimum Gasteiger partial charge on any atom is -0.489 e. The molecule has 0 aliphatic heterocycles. The average molecular weight is 383 g/mol. The predicted octanol–water partition coefficient (Wildman–Crippen LogP) is 5.88. The predicted molar refractivity (Wildman–Crippen MR) is 116 cm³/mol. The standard InChI is InChI=1S/C25H34O3/c1-4-22(11-8-16-25(27,5-2)6-3)23-10-7-9-21(17-23)19-28-24-14-12-20(18-26)13-15-24/h7,9-15,17,26-27H,4-6,8,16,18-19H2,1-3H3/b22-11+. The molecule has 3 heteroatoms. The summed E-state index contributed by atoms with van der Waals surface area (Å²) in [4.78, 5) is 0. The number of benzene rings is 2. The summed E-state index contributed by atoms with van der Waals surface area (Å²) < 4.78 is 5.88. The van der Waals surface area contributed by atoms with Crippen molar-refractivity contribution in [2.75, 3.05) is 0 Å². The lowest BCUT2D eigenvalue weighted by molar-refractivity contribution is 0.0246. The van der Waals surface area contributed by atoms with Gasteiger partial charge in [0.1, 0.15) is 12.4 Å². The Kier molecular flexibility index (Phi) is 8.75. The molecule has 2 N–H and O–H groups in total. The number of ether oxygens (including phenoxy) is 1. The summed E-state index contributed by atoms with van der Waals surface area (Å²) in [6, 6.07) is 16.0. The van der Waals surface area contributed by atoms with Gasteiger partial charge in [-0.1, -0.05) is 57.2 Å². The third-order valence-electron chi connectivity index (χ3n) is 5.51. The van der Waals surface area contributed by atoms with Gasteiger partial charge in [0.15, 0.2) is 0 Å². The summed E-state index contributed by atoms with van der Waals surface area (Å²) in [6.07, 6.45) is 6.51. The van der Waals surface area contributed by atoms with Crippen LogP contribution in [0.4, 0.5) is 0 Å². The lowest BCUT2D eigenvalue weighted by atomic mass is 9.90. The van der Waals surface area contributed by atoms with Gasteiger partial charge in [-0.05, 0) is 72.6 Å². The van der Waals surface area contributed by atoms with Gasteiger partial charge in [0.25, 0.3) is 0 Å². The molecule has 0 aliphatic carbocycles. The summed E-state index contributed by atoms with van der Waals surface area (Å²) >= 11 is 0. The maximum Gasteiger partial charge on any atom is 0.119 e. The van der Waals surface area contributed by atoms with E-state index in [-0.39, 0.29) is 6.61 Å². The first-order valence-corrected chi connectivity index (χ1v) is 10.4. The topological polar surface area (TPSA) is 49.7 Å². The van der Waals surface area contributed by atoms with Crippen LogP contribution in [-0.2, 0) is 13.2 Å². The van der Waals surface area contributed by atoms with E-state index in [4.69, 9.17) is 9.84 Å². The zero-order valence-corrected chi connectivity index (χ0v) is 17.4. The van der Waals surface area contributed by atoms with Crippen molar-refractivity contribution in [1.82, 2.24) is 0 Å². The van der Waals surface area contributed by atoms with Gasteiger partial charge >= 0.3 is 0 Å². The molecule has 0 aromatic heterocycles. The molecule has 2 aromatic carbocycles. The van der Waals surface area contributed by atoms with Crippen molar-refractivity contribution in [2.24, 2.45) is 0 Å². The minimum absolute atomic E-state index is 0.0440. The van der Waals surface area contributed by atoms with E-state index < -0.39 is 5.60 Å². The van der Waals surface area contributed by atoms with E-state index in [1.165, 1.54) is 11.1 Å². The maximum absolute atomic E-state index is 10.5. The molecule has 28 heavy (non-hydrogen) atoms. The zero-order chi connectivity index (χ0) is 20.4. The summed E-state index contributed by atoms with van der Waals surface area (Å²) in [5.41, 5.74) is 3.99. The van der Waals surface area contributed by atoms with E-state index in [0.29, 0.717) is 6.61 Å². The Bertz CT molecular complexity index is 743. The second kappa shape index (κ2) is 11.0. The van der Waals surface area contributed by atoms with Gasteiger partial charge in [-0.25, -0.2) is 0 Å². The summed E-state index contributed by atoms with van der Waals surface area (Å²) in [5.74, 6) is 0.798. The quantitative estimate of drug-likeness (QED) is 0.510. The van der Waals surface area contributed by atoms with Gasteiger partial charge in [-0.2, -0.15) is 0 Å². The van der Waals surface area contributed by atoms with Gasteiger partial charge < -0.3 is 14.9 Å². The van der Waals surface area contributed by atoms with Crippen LogP contribution in [0.15, 0.2) is 54.6 Å². The first-order valence-electron chi connectivity index (χ1n) is 10.4. The molecule has 0 bridgehead atoms. The van der Waals surface area contributed by atoms with Crippen LogP contribution < -0.4 is 4.74 Å². The molecular weight excluding hydrogens is 348 g/mol. The van der Waals surface area contributed by atoms with Crippen LogP contribution in [0.25, 0.3) is 5.57 Å². The van der Waals surface area contributed by atoms with Gasteiger partial charge in [-0.3, -0.25) is 0 Å². The first kappa shape index (κ1) is 22.2. The van der Waals surface area contributed by atoms with Crippen molar-refractivity contribution in [3.8, 4) is 5.75 Å². The van der Waals surface area contributed by atoms with Gasteiger partial charge in [0.05, 0.1) is 12.2 Å². The van der Waals surface area contributed by atoms with Crippen molar-refractivity contribution < 1.29 is 14.9 Å². The van der Waals surface area contributed by atoms with Gasteiger partial charge in [-0.15, -0.1) is 0 Å². The van der Waals surface area contributed by atoms with E-state index in [0.717, 1.165) is 49.0 Å². The highest BCUT2D eigenvalue weighted by atomic mass is 16.5. The number of aliphatic hydroxyl groups is 2. The average Bonchev–Trinajstić information content (AvgIpc) is 2.75. The van der Waals surface area contributed by atoms with Crippen molar-refractivity contribution in [1.29, 1.82) is 0 Å². The smallest absolute Gasteiger partial charge is 0.119 e. The first-order chi connectivity index (χ1) is 13.5. The molecule has 0 amide bonds. The Labute approximate surface area is 169 Å². The normalized spacial score (nSPS) is 12.2. The van der Waals surface area contributed by atoms with Crippen LogP contribution in [0.5, 0.6) is 5.75 Å². The third kappa shape index (κ3) is 6.50. The largest absolute Gasteiger partial charge is 0.489 e. The lowest BCUT2D eigenvalue weighted by Gasteiger charge is -2.24. The van der Waals surface area contributed by atoms with E-state index in [1.807, 2.05) is 24.3 Å². The molecule has 0 atom stereocenters. The number of hydrogen-bond acceptors (Lipinski definition) is 3. The molecule has 152 valence electrons. The molecule has 0 fully saturated rings. The highest BCUT2D eigenvalue weighted by Crippen LogP contribution is 2.25. The highest BCUT2D eigenvalue weighted by Gasteiger charge is 2.20. The van der Waals surface area contributed by atoms with Gasteiger partial charge in [0.2, 0.25) is 0 Å². The number of hydrogen-bond donors (Lipinski definition) is 2. The fourth-order valence-corrected chi connectivity index (χ4v) is 3.30. The summed E-state index contributed by atoms with van der Waals surface area (Å²) in [7, 11) is 0. The minimum atomic E-state index is -0.545. The molecule has 0 heterocycles. The van der Waals surface area contributed by atoms with Crippen LogP contribution in [0, 0.1) is 0 Å². The zero-order valence-electron chi connectivity index (χ0n) is 17.4. The molecule has 0 spiro atoms. The number of allylic oxidation sites excluding steroid dienone is 2. The van der Waals surface area contributed by atoms with Crippen molar-refractivity contribution >= 4 is 5.57 Å². The van der Waals surface area contributed by atoms with Crippen LogP contribution in [0.2, 0.25) is 0 Å². The summed E-state index contributed by atoms with van der Waals surface area (Å²) in [5, 5.41) is 19.6. The van der Waals surface area contributed by atoms with Crippen molar-refractivity contribution in [3.63, 3.8) is 0 Å². The molecule has 0 radical (unpaired) electrons. The molecule has 3 nitrogen and oxygen atoms in total. The molecular formula is C25H34O3. The highest BCUT2D eigenvalue weighted by molar-refractivity contribution is 5.65. The van der Waals surface area contributed by atoms with Gasteiger partial charge in [0, 0.05) is 0 Å². The molecule has 2 rings (SSSR count).